The molecule has 0 bridgehead atoms. The molecule has 15 heavy (non-hydrogen) atoms. The molecule has 1 aliphatic heterocycles. The van der Waals surface area contributed by atoms with Crippen LogP contribution in [0.5, 0.6) is 0 Å². The summed E-state index contributed by atoms with van der Waals surface area (Å²) in [5, 5.41) is 2.70. The molecule has 5 nitrogen and oxygen atoms in total. The lowest BCUT2D eigenvalue weighted by Crippen LogP contribution is -2.36. The number of ether oxygens (including phenoxy) is 1. The second kappa shape index (κ2) is 5.70. The van der Waals surface area contributed by atoms with E-state index in [-0.39, 0.29) is 17.9 Å². The molecule has 1 N–H and O–H groups in total. The van der Waals surface area contributed by atoms with Crippen LogP contribution in [0.3, 0.4) is 0 Å². The van der Waals surface area contributed by atoms with E-state index in [0.29, 0.717) is 19.6 Å². The maximum Gasteiger partial charge on any atom is 0.249 e. The normalized spacial score (nSPS) is 20.0. The summed E-state index contributed by atoms with van der Waals surface area (Å²) in [4.78, 5) is 24.1. The van der Waals surface area contributed by atoms with E-state index in [0.717, 1.165) is 12.8 Å². The zero-order valence-electron chi connectivity index (χ0n) is 9.28. The van der Waals surface area contributed by atoms with E-state index in [1.807, 2.05) is 0 Å². The van der Waals surface area contributed by atoms with Crippen LogP contribution in [0, 0.1) is 0 Å². The molecule has 0 aromatic rings. The van der Waals surface area contributed by atoms with E-state index < -0.39 is 0 Å². The summed E-state index contributed by atoms with van der Waals surface area (Å²) in [5.74, 6) is -0.0818. The van der Waals surface area contributed by atoms with E-state index >= 15 is 0 Å². The van der Waals surface area contributed by atoms with Gasteiger partial charge in [-0.25, -0.2) is 0 Å². The third-order valence-electron chi connectivity index (χ3n) is 2.36. The zero-order chi connectivity index (χ0) is 11.3. The average molecular weight is 214 g/mol. The van der Waals surface area contributed by atoms with Gasteiger partial charge in [-0.1, -0.05) is 0 Å². The topological polar surface area (TPSA) is 58.6 Å². The Morgan fingerprint density at radius 3 is 2.73 bits per heavy atom. The van der Waals surface area contributed by atoms with Crippen molar-refractivity contribution < 1.29 is 14.3 Å². The molecule has 5 heteroatoms. The Morgan fingerprint density at radius 2 is 2.20 bits per heavy atom. The van der Waals surface area contributed by atoms with Crippen molar-refractivity contribution in [3.8, 4) is 0 Å². The van der Waals surface area contributed by atoms with Crippen LogP contribution >= 0.6 is 0 Å². The van der Waals surface area contributed by atoms with Crippen molar-refractivity contribution in [3.63, 3.8) is 0 Å². The maximum absolute atomic E-state index is 11.4. The fraction of sp³-hybridized carbons (Fsp3) is 0.800. The zero-order valence-corrected chi connectivity index (χ0v) is 9.28. The van der Waals surface area contributed by atoms with E-state index in [2.05, 4.69) is 5.32 Å². The van der Waals surface area contributed by atoms with Crippen LogP contribution in [0.4, 0.5) is 0 Å². The smallest absolute Gasteiger partial charge is 0.249 e. The van der Waals surface area contributed by atoms with Gasteiger partial charge in [0.2, 0.25) is 11.8 Å². The predicted molar refractivity (Wildman–Crippen MR) is 55.3 cm³/mol. The van der Waals surface area contributed by atoms with Crippen molar-refractivity contribution in [2.75, 3.05) is 27.2 Å². The molecule has 0 saturated carbocycles. The third-order valence-corrected chi connectivity index (χ3v) is 2.36. The van der Waals surface area contributed by atoms with E-state index in [1.165, 1.54) is 4.90 Å². The third kappa shape index (κ3) is 3.87. The fourth-order valence-electron chi connectivity index (χ4n) is 1.41. The Kier molecular flexibility index (Phi) is 4.55. The van der Waals surface area contributed by atoms with Crippen LogP contribution in [-0.4, -0.2) is 50.1 Å². The van der Waals surface area contributed by atoms with Gasteiger partial charge in [-0.15, -0.1) is 0 Å². The molecule has 0 radical (unpaired) electrons. The minimum atomic E-state index is -0.306. The first kappa shape index (κ1) is 12.0. The molecule has 0 aromatic carbocycles. The number of amides is 2. The molecule has 1 saturated heterocycles. The highest BCUT2D eigenvalue weighted by Crippen LogP contribution is 2.11. The van der Waals surface area contributed by atoms with Gasteiger partial charge < -0.3 is 15.0 Å². The van der Waals surface area contributed by atoms with Gasteiger partial charge in [-0.3, -0.25) is 9.59 Å². The van der Waals surface area contributed by atoms with Crippen LogP contribution in [-0.2, 0) is 14.3 Å². The molecule has 1 atom stereocenters. The molecule has 1 aliphatic rings. The lowest BCUT2D eigenvalue weighted by Gasteiger charge is -2.12. The van der Waals surface area contributed by atoms with Gasteiger partial charge in [-0.05, 0) is 12.8 Å². The molecule has 0 aliphatic carbocycles. The van der Waals surface area contributed by atoms with E-state index in [4.69, 9.17) is 4.74 Å². The van der Waals surface area contributed by atoms with Gasteiger partial charge in [0, 0.05) is 33.7 Å². The fourth-order valence-corrected chi connectivity index (χ4v) is 1.41. The SMILES string of the molecule is CN(C)C(=O)CCNC(=O)C1CCCO1. The monoisotopic (exact) mass is 214 g/mol. The van der Waals surface area contributed by atoms with Crippen molar-refractivity contribution in [1.29, 1.82) is 0 Å². The van der Waals surface area contributed by atoms with Gasteiger partial charge in [-0.2, -0.15) is 0 Å². The molecule has 1 heterocycles. The lowest BCUT2D eigenvalue weighted by atomic mass is 10.2. The molecule has 0 spiro atoms. The van der Waals surface area contributed by atoms with Crippen LogP contribution in [0.2, 0.25) is 0 Å². The minimum absolute atomic E-state index is 0.0163. The summed E-state index contributed by atoms with van der Waals surface area (Å²) in [6.07, 6.45) is 1.76. The molecule has 1 fully saturated rings. The Labute approximate surface area is 89.8 Å². The van der Waals surface area contributed by atoms with Crippen LogP contribution in [0.1, 0.15) is 19.3 Å². The number of nitrogens with one attached hydrogen (secondary N) is 1. The van der Waals surface area contributed by atoms with Crippen molar-refractivity contribution in [1.82, 2.24) is 10.2 Å². The predicted octanol–water partition coefficient (Wildman–Crippen LogP) is -0.240. The number of rotatable bonds is 4. The highest BCUT2D eigenvalue weighted by Gasteiger charge is 2.23. The van der Waals surface area contributed by atoms with Crippen molar-refractivity contribution >= 4 is 11.8 Å². The van der Waals surface area contributed by atoms with E-state index in [1.54, 1.807) is 14.1 Å². The first-order valence-electron chi connectivity index (χ1n) is 5.20. The van der Waals surface area contributed by atoms with Gasteiger partial charge in [0.25, 0.3) is 0 Å². The van der Waals surface area contributed by atoms with Gasteiger partial charge in [0.1, 0.15) is 6.10 Å². The van der Waals surface area contributed by atoms with E-state index in [9.17, 15) is 9.59 Å². The van der Waals surface area contributed by atoms with Gasteiger partial charge in [0.15, 0.2) is 0 Å². The Morgan fingerprint density at radius 1 is 1.47 bits per heavy atom. The molecule has 86 valence electrons. The molecular formula is C10H18N2O3. The highest BCUT2D eigenvalue weighted by molar-refractivity contribution is 5.82. The lowest BCUT2D eigenvalue weighted by molar-refractivity contribution is -0.131. The summed E-state index contributed by atoms with van der Waals surface area (Å²) >= 11 is 0. The number of carbonyl (C=O) groups excluding carboxylic acids is 2. The summed E-state index contributed by atoms with van der Waals surface area (Å²) in [5.41, 5.74) is 0. The average Bonchev–Trinajstić information content (AvgIpc) is 2.70. The second-order valence-corrected chi connectivity index (χ2v) is 3.83. The molecule has 0 aromatic heterocycles. The standard InChI is InChI=1S/C10H18N2O3/c1-12(2)9(13)5-6-11-10(14)8-4-3-7-15-8/h8H,3-7H2,1-2H3,(H,11,14). The molecule has 1 rings (SSSR count). The van der Waals surface area contributed by atoms with Crippen molar-refractivity contribution in [3.05, 3.63) is 0 Å². The number of hydrogen-bond acceptors (Lipinski definition) is 3. The summed E-state index contributed by atoms with van der Waals surface area (Å²) in [6.45, 7) is 1.05. The maximum atomic E-state index is 11.4. The Balaban J connectivity index is 2.14. The molecule has 2 amide bonds. The molecular weight excluding hydrogens is 196 g/mol. The van der Waals surface area contributed by atoms with Crippen LogP contribution < -0.4 is 5.32 Å². The number of carbonyl (C=O) groups is 2. The van der Waals surface area contributed by atoms with Crippen molar-refractivity contribution in [2.24, 2.45) is 0 Å². The van der Waals surface area contributed by atoms with Crippen LogP contribution in [0.15, 0.2) is 0 Å². The number of hydrogen-bond donors (Lipinski definition) is 1. The van der Waals surface area contributed by atoms with Crippen molar-refractivity contribution in [2.45, 2.75) is 25.4 Å². The number of nitrogens with zero attached hydrogens (tertiary/aromatic N) is 1. The Hall–Kier alpha value is -1.10. The highest BCUT2D eigenvalue weighted by atomic mass is 16.5. The first-order valence-corrected chi connectivity index (χ1v) is 5.20. The Bertz CT molecular complexity index is 235. The largest absolute Gasteiger partial charge is 0.368 e. The van der Waals surface area contributed by atoms with Gasteiger partial charge >= 0.3 is 0 Å². The first-order chi connectivity index (χ1) is 7.11. The summed E-state index contributed by atoms with van der Waals surface area (Å²) < 4.78 is 5.21. The van der Waals surface area contributed by atoms with Crippen LogP contribution in [0.25, 0.3) is 0 Å². The quantitative estimate of drug-likeness (QED) is 0.702. The van der Waals surface area contributed by atoms with Gasteiger partial charge in [0.05, 0.1) is 0 Å². The minimum Gasteiger partial charge on any atom is -0.368 e. The molecule has 1 unspecified atom stereocenters. The summed E-state index contributed by atoms with van der Waals surface area (Å²) in [7, 11) is 3.40. The summed E-state index contributed by atoms with van der Waals surface area (Å²) in [6, 6.07) is 0. The second-order valence-electron chi connectivity index (χ2n) is 3.83.